The maximum absolute atomic E-state index is 11.9. The monoisotopic (exact) mass is 251 g/mol. The predicted molar refractivity (Wildman–Crippen MR) is 68.4 cm³/mol. The molecular formula is C12H17N3O3. The van der Waals surface area contributed by atoms with E-state index in [1.165, 1.54) is 20.2 Å². The molecule has 0 aliphatic rings. The standard InChI is InChI=1S/C12H17N3O3/c1-7(11(16)14-2)15-12(17)8-4-9(13)6-10(5-8)18-3/h4-7H,13H2,1-3H3,(H,14,16)(H,15,17). The largest absolute Gasteiger partial charge is 0.497 e. The number of nitrogen functional groups attached to an aromatic ring is 1. The number of nitrogens with two attached hydrogens (primary N) is 1. The lowest BCUT2D eigenvalue weighted by Gasteiger charge is -2.13. The number of anilines is 1. The fourth-order valence-corrected chi connectivity index (χ4v) is 1.43. The Morgan fingerprint density at radius 3 is 2.56 bits per heavy atom. The fraction of sp³-hybridized carbons (Fsp3) is 0.333. The molecule has 0 fully saturated rings. The quantitative estimate of drug-likeness (QED) is 0.664. The van der Waals surface area contributed by atoms with Crippen LogP contribution >= 0.6 is 0 Å². The van der Waals surface area contributed by atoms with Crippen LogP contribution in [0.4, 0.5) is 5.69 Å². The Balaban J connectivity index is 2.84. The molecule has 98 valence electrons. The molecule has 0 aliphatic heterocycles. The Morgan fingerprint density at radius 1 is 1.33 bits per heavy atom. The summed E-state index contributed by atoms with van der Waals surface area (Å²) in [5, 5.41) is 5.02. The smallest absolute Gasteiger partial charge is 0.252 e. The van der Waals surface area contributed by atoms with Crippen molar-refractivity contribution in [3.05, 3.63) is 23.8 Å². The number of benzene rings is 1. The molecule has 0 saturated heterocycles. The zero-order valence-electron chi connectivity index (χ0n) is 10.6. The molecule has 0 radical (unpaired) electrons. The van der Waals surface area contributed by atoms with Gasteiger partial charge in [0, 0.05) is 24.4 Å². The van der Waals surface area contributed by atoms with E-state index in [1.807, 2.05) is 0 Å². The van der Waals surface area contributed by atoms with Gasteiger partial charge in [-0.3, -0.25) is 9.59 Å². The van der Waals surface area contributed by atoms with Crippen molar-refractivity contribution < 1.29 is 14.3 Å². The van der Waals surface area contributed by atoms with Crippen molar-refractivity contribution in [2.75, 3.05) is 19.9 Å². The van der Waals surface area contributed by atoms with E-state index in [1.54, 1.807) is 19.1 Å². The van der Waals surface area contributed by atoms with Crippen LogP contribution in [0.5, 0.6) is 5.75 Å². The van der Waals surface area contributed by atoms with E-state index >= 15 is 0 Å². The van der Waals surface area contributed by atoms with Gasteiger partial charge in [0.15, 0.2) is 0 Å². The molecule has 0 bridgehead atoms. The molecule has 1 aromatic carbocycles. The minimum atomic E-state index is -0.616. The minimum Gasteiger partial charge on any atom is -0.497 e. The summed E-state index contributed by atoms with van der Waals surface area (Å²) in [5.41, 5.74) is 6.42. The summed E-state index contributed by atoms with van der Waals surface area (Å²) >= 11 is 0. The van der Waals surface area contributed by atoms with Crippen molar-refractivity contribution in [1.29, 1.82) is 0 Å². The summed E-state index contributed by atoms with van der Waals surface area (Å²) in [6.07, 6.45) is 0. The van der Waals surface area contributed by atoms with Gasteiger partial charge in [0.2, 0.25) is 5.91 Å². The molecule has 6 nitrogen and oxygen atoms in total. The molecule has 1 aromatic rings. The Labute approximate surface area is 105 Å². The predicted octanol–water partition coefficient (Wildman–Crippen LogP) is 0.142. The summed E-state index contributed by atoms with van der Waals surface area (Å²) in [4.78, 5) is 23.2. The maximum atomic E-state index is 11.9. The number of carbonyl (C=O) groups excluding carboxylic acids is 2. The highest BCUT2D eigenvalue weighted by atomic mass is 16.5. The molecule has 0 aliphatic carbocycles. The average molecular weight is 251 g/mol. The van der Waals surface area contributed by atoms with Crippen molar-refractivity contribution in [3.63, 3.8) is 0 Å². The van der Waals surface area contributed by atoms with Gasteiger partial charge in [-0.15, -0.1) is 0 Å². The topological polar surface area (TPSA) is 93.5 Å². The van der Waals surface area contributed by atoms with Crippen LogP contribution < -0.4 is 21.1 Å². The number of amides is 2. The SMILES string of the molecule is CNC(=O)C(C)NC(=O)c1cc(N)cc(OC)c1. The van der Waals surface area contributed by atoms with Crippen molar-refractivity contribution in [3.8, 4) is 5.75 Å². The number of hydrogen-bond donors (Lipinski definition) is 3. The van der Waals surface area contributed by atoms with E-state index in [0.29, 0.717) is 17.0 Å². The van der Waals surface area contributed by atoms with Crippen molar-refractivity contribution in [1.82, 2.24) is 10.6 Å². The molecule has 1 rings (SSSR count). The van der Waals surface area contributed by atoms with E-state index in [9.17, 15) is 9.59 Å². The lowest BCUT2D eigenvalue weighted by molar-refractivity contribution is -0.122. The van der Waals surface area contributed by atoms with Crippen LogP contribution in [0.15, 0.2) is 18.2 Å². The number of methoxy groups -OCH3 is 1. The van der Waals surface area contributed by atoms with E-state index in [4.69, 9.17) is 10.5 Å². The second-order valence-electron chi connectivity index (χ2n) is 3.80. The van der Waals surface area contributed by atoms with E-state index < -0.39 is 6.04 Å². The lowest BCUT2D eigenvalue weighted by atomic mass is 10.1. The third kappa shape index (κ3) is 3.38. The van der Waals surface area contributed by atoms with E-state index in [-0.39, 0.29) is 11.8 Å². The Kier molecular flexibility index (Phi) is 4.53. The number of hydrogen-bond acceptors (Lipinski definition) is 4. The summed E-state index contributed by atoms with van der Waals surface area (Å²) in [7, 11) is 3.00. The normalized spacial score (nSPS) is 11.5. The molecular weight excluding hydrogens is 234 g/mol. The van der Waals surface area contributed by atoms with Crippen molar-refractivity contribution in [2.45, 2.75) is 13.0 Å². The third-order valence-electron chi connectivity index (χ3n) is 2.41. The highest BCUT2D eigenvalue weighted by Gasteiger charge is 2.16. The van der Waals surface area contributed by atoms with Crippen LogP contribution in [0.3, 0.4) is 0 Å². The molecule has 1 atom stereocenters. The number of carbonyl (C=O) groups is 2. The van der Waals surface area contributed by atoms with Gasteiger partial charge in [0.05, 0.1) is 7.11 Å². The van der Waals surface area contributed by atoms with Gasteiger partial charge in [0.1, 0.15) is 11.8 Å². The lowest BCUT2D eigenvalue weighted by Crippen LogP contribution is -2.43. The van der Waals surface area contributed by atoms with Gasteiger partial charge >= 0.3 is 0 Å². The zero-order chi connectivity index (χ0) is 13.7. The van der Waals surface area contributed by atoms with Gasteiger partial charge in [-0.25, -0.2) is 0 Å². The van der Waals surface area contributed by atoms with Crippen LogP contribution in [0.1, 0.15) is 17.3 Å². The van der Waals surface area contributed by atoms with Gasteiger partial charge < -0.3 is 21.1 Å². The Hall–Kier alpha value is -2.24. The first kappa shape index (κ1) is 13.8. The molecule has 4 N–H and O–H groups in total. The van der Waals surface area contributed by atoms with Gasteiger partial charge in [-0.2, -0.15) is 0 Å². The number of ether oxygens (including phenoxy) is 1. The zero-order valence-corrected chi connectivity index (χ0v) is 10.6. The van der Waals surface area contributed by atoms with E-state index in [2.05, 4.69) is 10.6 Å². The van der Waals surface area contributed by atoms with Crippen LogP contribution in [0.25, 0.3) is 0 Å². The summed E-state index contributed by atoms with van der Waals surface area (Å²) < 4.78 is 5.02. The van der Waals surface area contributed by atoms with Gasteiger partial charge in [-0.05, 0) is 19.1 Å². The molecule has 18 heavy (non-hydrogen) atoms. The van der Waals surface area contributed by atoms with Crippen LogP contribution in [-0.4, -0.2) is 32.0 Å². The molecule has 0 heterocycles. The first-order chi connectivity index (χ1) is 8.47. The molecule has 6 heteroatoms. The van der Waals surface area contributed by atoms with Crippen LogP contribution in [-0.2, 0) is 4.79 Å². The summed E-state index contributed by atoms with van der Waals surface area (Å²) in [6, 6.07) is 4.07. The van der Waals surface area contributed by atoms with Gasteiger partial charge in [-0.1, -0.05) is 0 Å². The third-order valence-corrected chi connectivity index (χ3v) is 2.41. The number of likely N-dealkylation sites (N-methyl/N-ethyl adjacent to an activating group) is 1. The Morgan fingerprint density at radius 2 is 2.00 bits per heavy atom. The molecule has 2 amide bonds. The van der Waals surface area contributed by atoms with Crippen LogP contribution in [0.2, 0.25) is 0 Å². The summed E-state index contributed by atoms with van der Waals surface area (Å²) in [6.45, 7) is 1.60. The second kappa shape index (κ2) is 5.90. The highest BCUT2D eigenvalue weighted by Crippen LogP contribution is 2.18. The maximum Gasteiger partial charge on any atom is 0.252 e. The van der Waals surface area contributed by atoms with Crippen molar-refractivity contribution >= 4 is 17.5 Å². The molecule has 1 unspecified atom stereocenters. The number of rotatable bonds is 4. The van der Waals surface area contributed by atoms with E-state index in [0.717, 1.165) is 0 Å². The van der Waals surface area contributed by atoms with Crippen LogP contribution in [0, 0.1) is 0 Å². The molecule has 0 aromatic heterocycles. The first-order valence-electron chi connectivity index (χ1n) is 5.45. The van der Waals surface area contributed by atoms with Gasteiger partial charge in [0.25, 0.3) is 5.91 Å². The molecule has 0 spiro atoms. The first-order valence-corrected chi connectivity index (χ1v) is 5.45. The average Bonchev–Trinajstić information content (AvgIpc) is 2.36. The second-order valence-corrected chi connectivity index (χ2v) is 3.80. The van der Waals surface area contributed by atoms with Crippen molar-refractivity contribution in [2.24, 2.45) is 0 Å². The number of nitrogens with one attached hydrogen (secondary N) is 2. The minimum absolute atomic E-state index is 0.265. The fourth-order valence-electron chi connectivity index (χ4n) is 1.43. The Bertz CT molecular complexity index is 460. The molecule has 0 saturated carbocycles. The highest BCUT2D eigenvalue weighted by molar-refractivity contribution is 5.98. The summed E-state index contributed by atoms with van der Waals surface area (Å²) in [5.74, 6) is -0.149.